The lowest BCUT2D eigenvalue weighted by Crippen LogP contribution is -2.31. The van der Waals surface area contributed by atoms with E-state index < -0.39 is 0 Å². The Morgan fingerprint density at radius 2 is 1.32 bits per heavy atom. The van der Waals surface area contributed by atoms with Gasteiger partial charge in [0.2, 0.25) is 0 Å². The van der Waals surface area contributed by atoms with E-state index in [0.717, 1.165) is 31.5 Å². The summed E-state index contributed by atoms with van der Waals surface area (Å²) in [7, 11) is 0. The Kier molecular flexibility index (Phi) is 5.23. The second kappa shape index (κ2) is 8.32. The molecule has 0 aromatic heterocycles. The number of benzene rings is 3. The third-order valence-electron chi connectivity index (χ3n) is 6.30. The van der Waals surface area contributed by atoms with E-state index in [4.69, 9.17) is 0 Å². The van der Waals surface area contributed by atoms with Crippen molar-refractivity contribution in [2.75, 3.05) is 13.1 Å². The van der Waals surface area contributed by atoms with Gasteiger partial charge in [-0.25, -0.2) is 0 Å². The number of nitrogens with zero attached hydrogens (tertiary/aromatic N) is 2. The zero-order chi connectivity index (χ0) is 21.2. The molecule has 1 fully saturated rings. The fraction of sp³-hybridized carbons (Fsp3) is 0.185. The van der Waals surface area contributed by atoms with Gasteiger partial charge in [-0.05, 0) is 40.7 Å². The number of piperidine rings is 1. The maximum absolute atomic E-state index is 11.4. The van der Waals surface area contributed by atoms with Gasteiger partial charge in [0.15, 0.2) is 0 Å². The molecule has 1 heterocycles. The van der Waals surface area contributed by atoms with E-state index in [2.05, 4.69) is 65.6 Å². The molecule has 1 aliphatic carbocycles. The molecule has 4 nitrogen and oxygen atoms in total. The lowest BCUT2D eigenvalue weighted by atomic mass is 9.86. The van der Waals surface area contributed by atoms with Gasteiger partial charge >= 0.3 is 0 Å². The van der Waals surface area contributed by atoms with Crippen LogP contribution in [0.3, 0.4) is 0 Å². The number of nitro benzene ring substituents is 1. The monoisotopic (exact) mass is 408 g/mol. The molecule has 4 heteroatoms. The zero-order valence-corrected chi connectivity index (χ0v) is 17.3. The van der Waals surface area contributed by atoms with Gasteiger partial charge in [-0.2, -0.15) is 0 Å². The third-order valence-corrected chi connectivity index (χ3v) is 6.30. The van der Waals surface area contributed by atoms with Gasteiger partial charge in [-0.1, -0.05) is 84.5 Å². The van der Waals surface area contributed by atoms with Crippen LogP contribution in [0.2, 0.25) is 0 Å². The van der Waals surface area contributed by atoms with Gasteiger partial charge in [0, 0.05) is 31.3 Å². The SMILES string of the molecule is O=[N+]([O-])c1ccccc1CN1CCC(=C2c3ccccc3C=Cc3ccccc32)CC1. The number of nitro groups is 1. The van der Waals surface area contributed by atoms with Gasteiger partial charge in [-0.15, -0.1) is 0 Å². The molecular formula is C27H24N2O2. The Bertz CT molecular complexity index is 1150. The topological polar surface area (TPSA) is 46.4 Å². The van der Waals surface area contributed by atoms with Gasteiger partial charge in [0.25, 0.3) is 5.69 Å². The lowest BCUT2D eigenvalue weighted by molar-refractivity contribution is -0.385. The Morgan fingerprint density at radius 3 is 1.94 bits per heavy atom. The van der Waals surface area contributed by atoms with Crippen LogP contribution in [0.25, 0.3) is 17.7 Å². The maximum atomic E-state index is 11.4. The van der Waals surface area contributed by atoms with Crippen LogP contribution < -0.4 is 0 Å². The van der Waals surface area contributed by atoms with Crippen LogP contribution >= 0.6 is 0 Å². The van der Waals surface area contributed by atoms with Crippen LogP contribution in [0, 0.1) is 10.1 Å². The molecule has 3 aromatic carbocycles. The number of fused-ring (bicyclic) bond motifs is 2. The van der Waals surface area contributed by atoms with Crippen molar-refractivity contribution < 1.29 is 4.92 Å². The first-order valence-electron chi connectivity index (χ1n) is 10.7. The minimum Gasteiger partial charge on any atom is -0.298 e. The highest BCUT2D eigenvalue weighted by Gasteiger charge is 2.23. The molecule has 0 amide bonds. The van der Waals surface area contributed by atoms with E-state index in [1.54, 1.807) is 12.1 Å². The first-order chi connectivity index (χ1) is 15.2. The first-order valence-corrected chi connectivity index (χ1v) is 10.7. The van der Waals surface area contributed by atoms with Crippen molar-refractivity contribution in [1.29, 1.82) is 0 Å². The highest BCUT2D eigenvalue weighted by molar-refractivity contribution is 5.94. The summed E-state index contributed by atoms with van der Waals surface area (Å²) in [6.45, 7) is 2.43. The van der Waals surface area contributed by atoms with E-state index >= 15 is 0 Å². The van der Waals surface area contributed by atoms with Crippen LogP contribution in [0.15, 0.2) is 78.4 Å². The highest BCUT2D eigenvalue weighted by Crippen LogP contribution is 2.38. The van der Waals surface area contributed by atoms with Gasteiger partial charge in [0.05, 0.1) is 4.92 Å². The smallest absolute Gasteiger partial charge is 0.273 e. The summed E-state index contributed by atoms with van der Waals surface area (Å²) in [5, 5.41) is 11.4. The number of para-hydroxylation sites is 1. The molecule has 0 saturated carbocycles. The number of rotatable bonds is 3. The van der Waals surface area contributed by atoms with Crippen molar-refractivity contribution in [3.8, 4) is 0 Å². The van der Waals surface area contributed by atoms with E-state index in [9.17, 15) is 10.1 Å². The van der Waals surface area contributed by atoms with Crippen molar-refractivity contribution in [3.63, 3.8) is 0 Å². The van der Waals surface area contributed by atoms with Crippen molar-refractivity contribution in [2.24, 2.45) is 0 Å². The average molecular weight is 409 g/mol. The summed E-state index contributed by atoms with van der Waals surface area (Å²) in [5.41, 5.74) is 8.94. The van der Waals surface area contributed by atoms with Gasteiger partial charge in [-0.3, -0.25) is 15.0 Å². The predicted octanol–water partition coefficient (Wildman–Crippen LogP) is 6.18. The summed E-state index contributed by atoms with van der Waals surface area (Å²) in [5.74, 6) is 0. The van der Waals surface area contributed by atoms with E-state index in [0.29, 0.717) is 6.54 Å². The third kappa shape index (κ3) is 3.82. The number of hydrogen-bond acceptors (Lipinski definition) is 3. The van der Waals surface area contributed by atoms with Crippen molar-refractivity contribution >= 4 is 23.4 Å². The van der Waals surface area contributed by atoms with E-state index in [1.807, 2.05) is 12.1 Å². The molecule has 0 unspecified atom stereocenters. The van der Waals surface area contributed by atoms with Gasteiger partial charge < -0.3 is 0 Å². The summed E-state index contributed by atoms with van der Waals surface area (Å²) in [4.78, 5) is 13.4. The molecule has 1 aliphatic heterocycles. The van der Waals surface area contributed by atoms with Crippen molar-refractivity contribution in [3.05, 3.63) is 116 Å². The minimum absolute atomic E-state index is 0.212. The van der Waals surface area contributed by atoms with Crippen LogP contribution in [-0.2, 0) is 6.54 Å². The second-order valence-corrected chi connectivity index (χ2v) is 8.15. The second-order valence-electron chi connectivity index (χ2n) is 8.15. The molecule has 0 atom stereocenters. The summed E-state index contributed by atoms with van der Waals surface area (Å²) in [6.07, 6.45) is 6.37. The van der Waals surface area contributed by atoms with Gasteiger partial charge in [0.1, 0.15) is 0 Å². The van der Waals surface area contributed by atoms with Crippen LogP contribution in [0.1, 0.15) is 40.7 Å². The summed E-state index contributed by atoms with van der Waals surface area (Å²) >= 11 is 0. The molecule has 0 radical (unpaired) electrons. The highest BCUT2D eigenvalue weighted by atomic mass is 16.6. The number of likely N-dealkylation sites (tertiary alicyclic amines) is 1. The Labute approximate surface area is 182 Å². The molecule has 154 valence electrons. The first kappa shape index (κ1) is 19.5. The molecule has 3 aromatic rings. The largest absolute Gasteiger partial charge is 0.298 e. The molecule has 0 bridgehead atoms. The molecule has 31 heavy (non-hydrogen) atoms. The molecule has 1 saturated heterocycles. The maximum Gasteiger partial charge on any atom is 0.273 e. The van der Waals surface area contributed by atoms with Crippen molar-refractivity contribution in [1.82, 2.24) is 4.90 Å². The van der Waals surface area contributed by atoms with E-state index in [1.165, 1.54) is 33.4 Å². The average Bonchev–Trinajstić information content (AvgIpc) is 2.97. The van der Waals surface area contributed by atoms with Crippen molar-refractivity contribution in [2.45, 2.75) is 19.4 Å². The fourth-order valence-corrected chi connectivity index (χ4v) is 4.74. The molecule has 0 spiro atoms. The lowest BCUT2D eigenvalue weighted by Gasteiger charge is -2.30. The quantitative estimate of drug-likeness (QED) is 0.300. The zero-order valence-electron chi connectivity index (χ0n) is 17.3. The summed E-state index contributed by atoms with van der Waals surface area (Å²) < 4.78 is 0. The predicted molar refractivity (Wildman–Crippen MR) is 125 cm³/mol. The van der Waals surface area contributed by atoms with Crippen LogP contribution in [0.5, 0.6) is 0 Å². The Hall–Kier alpha value is -3.50. The molecular weight excluding hydrogens is 384 g/mol. The molecule has 2 aliphatic rings. The standard InChI is InChI=1S/C27H24N2O2/c30-29(31)26-12-6-3-9-23(26)19-28-17-15-22(16-18-28)27-24-10-4-1-7-20(24)13-14-21-8-2-5-11-25(21)27/h1-14H,15-19H2. The number of hydrogen-bond donors (Lipinski definition) is 0. The molecule has 0 N–H and O–H groups in total. The van der Waals surface area contributed by atoms with E-state index in [-0.39, 0.29) is 10.6 Å². The minimum atomic E-state index is -0.279. The normalized spacial score (nSPS) is 15.9. The Morgan fingerprint density at radius 1 is 0.774 bits per heavy atom. The van der Waals surface area contributed by atoms with Crippen LogP contribution in [-0.4, -0.2) is 22.9 Å². The fourth-order valence-electron chi connectivity index (χ4n) is 4.74. The summed E-state index contributed by atoms with van der Waals surface area (Å²) in [6, 6.07) is 24.3. The Balaban J connectivity index is 1.46. The van der Waals surface area contributed by atoms with Crippen LogP contribution in [0.4, 0.5) is 5.69 Å². The molecule has 5 rings (SSSR count).